The highest BCUT2D eigenvalue weighted by Gasteiger charge is 2.05. The number of ether oxygens (including phenoxy) is 1. The summed E-state index contributed by atoms with van der Waals surface area (Å²) in [6.45, 7) is 6.46. The normalized spacial score (nSPS) is 12.2. The van der Waals surface area contributed by atoms with Gasteiger partial charge in [0.15, 0.2) is 6.61 Å². The molecule has 0 aromatic heterocycles. The van der Waals surface area contributed by atoms with Crippen LogP contribution in [0, 0.1) is 5.92 Å². The SMILES string of the molecule is CC(C)CC(C)Nc1cccc(OCC(N)=O)c1. The lowest BCUT2D eigenvalue weighted by Gasteiger charge is -2.17. The smallest absolute Gasteiger partial charge is 0.255 e. The molecular formula is C14H22N2O2. The van der Waals surface area contributed by atoms with Crippen LogP contribution in [0.2, 0.25) is 0 Å². The monoisotopic (exact) mass is 250 g/mol. The average Bonchev–Trinajstić information content (AvgIpc) is 2.25. The second-order valence-corrected chi connectivity index (χ2v) is 4.96. The first-order valence-electron chi connectivity index (χ1n) is 6.25. The van der Waals surface area contributed by atoms with Crippen LogP contribution in [0.1, 0.15) is 27.2 Å². The molecule has 1 atom stereocenters. The molecule has 1 aromatic carbocycles. The summed E-state index contributed by atoms with van der Waals surface area (Å²) in [6.07, 6.45) is 1.10. The van der Waals surface area contributed by atoms with Gasteiger partial charge in [-0.05, 0) is 31.4 Å². The molecule has 100 valence electrons. The Morgan fingerprint density at radius 1 is 1.39 bits per heavy atom. The van der Waals surface area contributed by atoms with Crippen LogP contribution in [-0.2, 0) is 4.79 Å². The fourth-order valence-electron chi connectivity index (χ4n) is 1.88. The summed E-state index contributed by atoms with van der Waals surface area (Å²) in [5, 5.41) is 3.41. The number of primary amides is 1. The minimum atomic E-state index is -0.471. The molecule has 0 saturated heterocycles. The molecule has 1 unspecified atom stereocenters. The van der Waals surface area contributed by atoms with Crippen molar-refractivity contribution in [1.29, 1.82) is 0 Å². The van der Waals surface area contributed by atoms with Crippen LogP contribution in [0.3, 0.4) is 0 Å². The van der Waals surface area contributed by atoms with Gasteiger partial charge in [-0.2, -0.15) is 0 Å². The molecule has 0 radical (unpaired) electrons. The number of benzene rings is 1. The van der Waals surface area contributed by atoms with Gasteiger partial charge < -0.3 is 15.8 Å². The van der Waals surface area contributed by atoms with Gasteiger partial charge >= 0.3 is 0 Å². The Kier molecular flexibility index (Phi) is 5.49. The zero-order valence-corrected chi connectivity index (χ0v) is 11.3. The van der Waals surface area contributed by atoms with Crippen molar-refractivity contribution in [2.24, 2.45) is 11.7 Å². The third-order valence-electron chi connectivity index (χ3n) is 2.45. The van der Waals surface area contributed by atoms with Gasteiger partial charge in [-0.1, -0.05) is 19.9 Å². The third kappa shape index (κ3) is 5.57. The van der Waals surface area contributed by atoms with E-state index >= 15 is 0 Å². The van der Waals surface area contributed by atoms with Crippen molar-refractivity contribution in [2.75, 3.05) is 11.9 Å². The molecule has 4 nitrogen and oxygen atoms in total. The topological polar surface area (TPSA) is 64.3 Å². The van der Waals surface area contributed by atoms with E-state index in [1.54, 1.807) is 6.07 Å². The molecule has 0 saturated carbocycles. The van der Waals surface area contributed by atoms with Gasteiger partial charge in [0, 0.05) is 17.8 Å². The van der Waals surface area contributed by atoms with E-state index in [0.29, 0.717) is 17.7 Å². The van der Waals surface area contributed by atoms with Crippen molar-refractivity contribution in [3.8, 4) is 5.75 Å². The number of nitrogens with two attached hydrogens (primary N) is 1. The van der Waals surface area contributed by atoms with Crippen molar-refractivity contribution < 1.29 is 9.53 Å². The molecule has 0 fully saturated rings. The maximum absolute atomic E-state index is 10.6. The summed E-state index contributed by atoms with van der Waals surface area (Å²) in [4.78, 5) is 10.6. The van der Waals surface area contributed by atoms with Gasteiger partial charge in [-0.3, -0.25) is 4.79 Å². The van der Waals surface area contributed by atoms with Gasteiger partial charge in [0.1, 0.15) is 5.75 Å². The molecule has 0 aliphatic heterocycles. The Bertz CT molecular complexity index is 391. The van der Waals surface area contributed by atoms with Crippen LogP contribution in [0.4, 0.5) is 5.69 Å². The van der Waals surface area contributed by atoms with Crippen LogP contribution < -0.4 is 15.8 Å². The number of hydrogen-bond acceptors (Lipinski definition) is 3. The van der Waals surface area contributed by atoms with Crippen LogP contribution >= 0.6 is 0 Å². The molecule has 0 bridgehead atoms. The van der Waals surface area contributed by atoms with Gasteiger partial charge in [0.25, 0.3) is 5.91 Å². The lowest BCUT2D eigenvalue weighted by Crippen LogP contribution is -2.20. The van der Waals surface area contributed by atoms with E-state index in [0.717, 1.165) is 12.1 Å². The maximum Gasteiger partial charge on any atom is 0.255 e. The number of rotatable bonds is 7. The van der Waals surface area contributed by atoms with Crippen LogP contribution in [0.15, 0.2) is 24.3 Å². The number of carbonyl (C=O) groups excluding carboxylic acids is 1. The minimum Gasteiger partial charge on any atom is -0.484 e. The average molecular weight is 250 g/mol. The largest absolute Gasteiger partial charge is 0.484 e. The second-order valence-electron chi connectivity index (χ2n) is 4.96. The van der Waals surface area contributed by atoms with Crippen LogP contribution in [0.5, 0.6) is 5.75 Å². The first-order chi connectivity index (χ1) is 8.47. The third-order valence-corrected chi connectivity index (χ3v) is 2.45. The summed E-state index contributed by atoms with van der Waals surface area (Å²) in [5.41, 5.74) is 6.03. The molecule has 0 heterocycles. The highest BCUT2D eigenvalue weighted by molar-refractivity contribution is 5.75. The minimum absolute atomic E-state index is 0.0923. The van der Waals surface area contributed by atoms with Crippen LogP contribution in [0.25, 0.3) is 0 Å². The van der Waals surface area contributed by atoms with Crippen molar-refractivity contribution >= 4 is 11.6 Å². The number of nitrogens with one attached hydrogen (secondary N) is 1. The lowest BCUT2D eigenvalue weighted by molar-refractivity contribution is -0.119. The van der Waals surface area contributed by atoms with E-state index in [-0.39, 0.29) is 6.61 Å². The van der Waals surface area contributed by atoms with Crippen molar-refractivity contribution in [3.05, 3.63) is 24.3 Å². The van der Waals surface area contributed by atoms with E-state index in [2.05, 4.69) is 26.1 Å². The van der Waals surface area contributed by atoms with Crippen LogP contribution in [-0.4, -0.2) is 18.6 Å². The lowest BCUT2D eigenvalue weighted by atomic mass is 10.1. The first-order valence-corrected chi connectivity index (χ1v) is 6.25. The highest BCUT2D eigenvalue weighted by atomic mass is 16.5. The number of anilines is 1. The van der Waals surface area contributed by atoms with Gasteiger partial charge in [0.05, 0.1) is 0 Å². The van der Waals surface area contributed by atoms with E-state index in [1.165, 1.54) is 0 Å². The van der Waals surface area contributed by atoms with E-state index in [4.69, 9.17) is 10.5 Å². The van der Waals surface area contributed by atoms with E-state index in [1.807, 2.05) is 18.2 Å². The summed E-state index contributed by atoms with van der Waals surface area (Å²) >= 11 is 0. The summed E-state index contributed by atoms with van der Waals surface area (Å²) in [6, 6.07) is 7.95. The van der Waals surface area contributed by atoms with Gasteiger partial charge in [-0.15, -0.1) is 0 Å². The fraction of sp³-hybridized carbons (Fsp3) is 0.500. The Morgan fingerprint density at radius 3 is 2.72 bits per heavy atom. The Morgan fingerprint density at radius 2 is 2.11 bits per heavy atom. The summed E-state index contributed by atoms with van der Waals surface area (Å²) < 4.78 is 5.26. The molecule has 1 amide bonds. The fourth-order valence-corrected chi connectivity index (χ4v) is 1.88. The van der Waals surface area contributed by atoms with E-state index in [9.17, 15) is 4.79 Å². The zero-order valence-electron chi connectivity index (χ0n) is 11.3. The van der Waals surface area contributed by atoms with Crippen molar-refractivity contribution in [2.45, 2.75) is 33.2 Å². The second kappa shape index (κ2) is 6.89. The molecule has 1 rings (SSSR count). The quantitative estimate of drug-likeness (QED) is 0.781. The number of amides is 1. The van der Waals surface area contributed by atoms with E-state index < -0.39 is 5.91 Å². The van der Waals surface area contributed by atoms with Gasteiger partial charge in [-0.25, -0.2) is 0 Å². The zero-order chi connectivity index (χ0) is 13.5. The molecule has 18 heavy (non-hydrogen) atoms. The summed E-state index contributed by atoms with van der Waals surface area (Å²) in [7, 11) is 0. The van der Waals surface area contributed by atoms with Crippen molar-refractivity contribution in [3.63, 3.8) is 0 Å². The Balaban J connectivity index is 2.56. The predicted octanol–water partition coefficient (Wildman–Crippen LogP) is 2.40. The highest BCUT2D eigenvalue weighted by Crippen LogP contribution is 2.19. The summed E-state index contributed by atoms with van der Waals surface area (Å²) in [5.74, 6) is 0.832. The molecule has 0 aliphatic rings. The standard InChI is InChI=1S/C14H22N2O2/c1-10(2)7-11(3)16-12-5-4-6-13(8-12)18-9-14(15)17/h4-6,8,10-11,16H,7,9H2,1-3H3,(H2,15,17). The Hall–Kier alpha value is -1.71. The molecule has 3 N–H and O–H groups in total. The van der Waals surface area contributed by atoms with Gasteiger partial charge in [0.2, 0.25) is 0 Å². The number of carbonyl (C=O) groups is 1. The molecule has 0 spiro atoms. The predicted molar refractivity (Wildman–Crippen MR) is 73.7 cm³/mol. The molecule has 1 aromatic rings. The molecule has 0 aliphatic carbocycles. The maximum atomic E-state index is 10.6. The molecular weight excluding hydrogens is 228 g/mol. The number of hydrogen-bond donors (Lipinski definition) is 2. The Labute approximate surface area is 109 Å². The molecule has 4 heteroatoms. The van der Waals surface area contributed by atoms with Crippen molar-refractivity contribution in [1.82, 2.24) is 0 Å². The first kappa shape index (κ1) is 14.4.